The van der Waals surface area contributed by atoms with E-state index >= 15 is 0 Å². The topological polar surface area (TPSA) is 130 Å². The molecule has 8 heteroatoms. The number of carbonyl (C=O) groups excluding carboxylic acids is 4. The monoisotopic (exact) mass is 560 g/mol. The Morgan fingerprint density at radius 1 is 0.902 bits per heavy atom. The number of hydrogen-bond acceptors (Lipinski definition) is 5. The van der Waals surface area contributed by atoms with Crippen molar-refractivity contribution in [2.75, 3.05) is 17.2 Å². The van der Waals surface area contributed by atoms with Crippen LogP contribution in [0.15, 0.2) is 42.5 Å². The normalized spacial score (nSPS) is 21.2. The highest BCUT2D eigenvalue weighted by Crippen LogP contribution is 2.52. The van der Waals surface area contributed by atoms with Gasteiger partial charge >= 0.3 is 0 Å². The number of hydrogen-bond donors (Lipinski definition) is 4. The van der Waals surface area contributed by atoms with Crippen molar-refractivity contribution in [2.24, 2.45) is 17.6 Å². The molecule has 8 nitrogen and oxygen atoms in total. The summed E-state index contributed by atoms with van der Waals surface area (Å²) in [7, 11) is 0. The minimum absolute atomic E-state index is 0.0191. The Bertz CT molecular complexity index is 1260. The van der Waals surface area contributed by atoms with Crippen LogP contribution in [0.5, 0.6) is 0 Å². The first-order valence-electron chi connectivity index (χ1n) is 15.1. The second-order valence-corrected chi connectivity index (χ2v) is 11.7. The predicted molar refractivity (Wildman–Crippen MR) is 161 cm³/mol. The molecular weight excluding hydrogens is 516 g/mol. The number of imide groups is 1. The number of amides is 4. The first-order valence-corrected chi connectivity index (χ1v) is 15.1. The summed E-state index contributed by atoms with van der Waals surface area (Å²) in [4.78, 5) is 49.8. The third kappa shape index (κ3) is 7.61. The Morgan fingerprint density at radius 2 is 1.61 bits per heavy atom. The second kappa shape index (κ2) is 13.9. The van der Waals surface area contributed by atoms with Crippen LogP contribution in [0.2, 0.25) is 0 Å². The van der Waals surface area contributed by atoms with Crippen LogP contribution in [0, 0.1) is 11.8 Å². The molecular formula is C33H44N4O4. The highest BCUT2D eigenvalue weighted by molar-refractivity contribution is 5.96. The highest BCUT2D eigenvalue weighted by atomic mass is 16.2. The van der Waals surface area contributed by atoms with E-state index in [4.69, 9.17) is 5.73 Å². The van der Waals surface area contributed by atoms with Gasteiger partial charge in [-0.3, -0.25) is 24.5 Å². The SMILES string of the molecule is CCC(=O)NC(=O)C1CCCC2(C)c3cc(NC(=O)CCc4ccc(NC(=O)CCCCN)cc4)ccc3CCC12. The van der Waals surface area contributed by atoms with Gasteiger partial charge in [0.1, 0.15) is 0 Å². The molecule has 2 aliphatic rings. The van der Waals surface area contributed by atoms with Crippen molar-refractivity contribution in [2.45, 2.75) is 89.9 Å². The van der Waals surface area contributed by atoms with Gasteiger partial charge in [0.25, 0.3) is 0 Å². The fraction of sp³-hybridized carbons (Fsp3) is 0.515. The van der Waals surface area contributed by atoms with E-state index in [0.29, 0.717) is 32.2 Å². The molecule has 0 aromatic heterocycles. The van der Waals surface area contributed by atoms with Crippen molar-refractivity contribution in [3.05, 3.63) is 59.2 Å². The summed E-state index contributed by atoms with van der Waals surface area (Å²) in [6.07, 6.45) is 7.82. The van der Waals surface area contributed by atoms with Crippen LogP contribution in [-0.2, 0) is 37.4 Å². The Hall–Kier alpha value is -3.52. The molecule has 220 valence electrons. The Morgan fingerprint density at radius 3 is 2.34 bits per heavy atom. The van der Waals surface area contributed by atoms with E-state index in [1.54, 1.807) is 6.92 Å². The summed E-state index contributed by atoms with van der Waals surface area (Å²) in [5.74, 6) is -0.448. The van der Waals surface area contributed by atoms with Crippen molar-refractivity contribution in [1.29, 1.82) is 0 Å². The highest BCUT2D eigenvalue weighted by Gasteiger charge is 2.48. The van der Waals surface area contributed by atoms with Crippen LogP contribution >= 0.6 is 0 Å². The molecule has 3 unspecified atom stereocenters. The van der Waals surface area contributed by atoms with Gasteiger partial charge in [0, 0.05) is 36.6 Å². The zero-order valence-corrected chi connectivity index (χ0v) is 24.4. The molecule has 2 aliphatic carbocycles. The van der Waals surface area contributed by atoms with Crippen LogP contribution < -0.4 is 21.7 Å². The molecule has 5 N–H and O–H groups in total. The van der Waals surface area contributed by atoms with Crippen molar-refractivity contribution < 1.29 is 19.2 Å². The Balaban J connectivity index is 1.35. The number of aryl methyl sites for hydroxylation is 2. The van der Waals surface area contributed by atoms with Crippen LogP contribution in [0.25, 0.3) is 0 Å². The van der Waals surface area contributed by atoms with Crippen LogP contribution in [0.3, 0.4) is 0 Å². The first kappa shape index (κ1) is 30.4. The molecule has 41 heavy (non-hydrogen) atoms. The van der Waals surface area contributed by atoms with Gasteiger partial charge in [0.05, 0.1) is 0 Å². The maximum atomic E-state index is 13.0. The number of carbonyl (C=O) groups is 4. The average molecular weight is 561 g/mol. The van der Waals surface area contributed by atoms with Crippen molar-refractivity contribution in [3.63, 3.8) is 0 Å². The van der Waals surface area contributed by atoms with Crippen molar-refractivity contribution >= 4 is 35.0 Å². The molecule has 2 aromatic carbocycles. The quantitative estimate of drug-likeness (QED) is 0.288. The van der Waals surface area contributed by atoms with E-state index in [1.165, 1.54) is 11.1 Å². The fourth-order valence-electron chi connectivity index (χ4n) is 6.61. The number of rotatable bonds is 11. The Kier molecular flexibility index (Phi) is 10.3. The molecule has 1 saturated carbocycles. The number of benzene rings is 2. The summed E-state index contributed by atoms with van der Waals surface area (Å²) in [6, 6.07) is 13.8. The molecule has 3 atom stereocenters. The molecule has 0 saturated heterocycles. The number of fused-ring (bicyclic) bond motifs is 3. The van der Waals surface area contributed by atoms with Gasteiger partial charge in [-0.2, -0.15) is 0 Å². The van der Waals surface area contributed by atoms with Crippen molar-refractivity contribution in [1.82, 2.24) is 5.32 Å². The minimum atomic E-state index is -0.222. The van der Waals surface area contributed by atoms with Crippen LogP contribution in [-0.4, -0.2) is 30.2 Å². The summed E-state index contributed by atoms with van der Waals surface area (Å²) in [6.45, 7) is 4.59. The molecule has 4 amide bonds. The first-order chi connectivity index (χ1) is 19.7. The lowest BCUT2D eigenvalue weighted by Gasteiger charge is -2.49. The number of nitrogens with two attached hydrogens (primary N) is 1. The smallest absolute Gasteiger partial charge is 0.229 e. The molecule has 0 heterocycles. The van der Waals surface area contributed by atoms with Gasteiger partial charge in [0.2, 0.25) is 23.6 Å². The molecule has 0 radical (unpaired) electrons. The maximum absolute atomic E-state index is 13.0. The summed E-state index contributed by atoms with van der Waals surface area (Å²) >= 11 is 0. The van der Waals surface area contributed by atoms with Gasteiger partial charge in [-0.05, 0) is 104 Å². The molecule has 2 aromatic rings. The predicted octanol–water partition coefficient (Wildman–Crippen LogP) is 5.00. The lowest BCUT2D eigenvalue weighted by atomic mass is 9.54. The van der Waals surface area contributed by atoms with E-state index in [9.17, 15) is 19.2 Å². The third-order valence-corrected chi connectivity index (χ3v) is 8.91. The fourth-order valence-corrected chi connectivity index (χ4v) is 6.61. The van der Waals surface area contributed by atoms with Crippen LogP contribution in [0.4, 0.5) is 11.4 Å². The molecule has 1 fully saturated rings. The standard InChI is InChI=1S/C33H44N4O4/c1-3-29(38)37-32(41)26-7-6-19-33(2)27(26)17-13-23-12-16-25(21-28(23)33)36-31(40)18-11-22-9-14-24(15-10-22)35-30(39)8-4-5-20-34/h9-10,12,14-16,21,26-27H,3-8,11,13,17-20,34H2,1-2H3,(H,35,39)(H,36,40)(H,37,38,41). The van der Waals surface area contributed by atoms with Gasteiger partial charge in [0.15, 0.2) is 0 Å². The summed E-state index contributed by atoms with van der Waals surface area (Å²) in [5.41, 5.74) is 10.3. The van der Waals surface area contributed by atoms with Crippen LogP contribution in [0.1, 0.15) is 88.3 Å². The molecule has 4 rings (SSSR count). The molecule has 0 spiro atoms. The van der Waals surface area contributed by atoms with Crippen molar-refractivity contribution in [3.8, 4) is 0 Å². The van der Waals surface area contributed by atoms with E-state index < -0.39 is 0 Å². The lowest BCUT2D eigenvalue weighted by Crippen LogP contribution is -2.49. The largest absolute Gasteiger partial charge is 0.330 e. The summed E-state index contributed by atoms with van der Waals surface area (Å²) < 4.78 is 0. The van der Waals surface area contributed by atoms with Gasteiger partial charge in [-0.25, -0.2) is 0 Å². The third-order valence-electron chi connectivity index (χ3n) is 8.91. The van der Waals surface area contributed by atoms with E-state index in [1.807, 2.05) is 30.3 Å². The van der Waals surface area contributed by atoms with E-state index in [2.05, 4.69) is 35.0 Å². The number of unbranched alkanes of at least 4 members (excludes halogenated alkanes) is 1. The Labute approximate surface area is 243 Å². The minimum Gasteiger partial charge on any atom is -0.330 e. The van der Waals surface area contributed by atoms with Gasteiger partial charge in [-0.1, -0.05) is 38.5 Å². The summed E-state index contributed by atoms with van der Waals surface area (Å²) in [5, 5.41) is 8.57. The number of nitrogens with one attached hydrogen (secondary N) is 3. The molecule has 0 bridgehead atoms. The lowest BCUT2D eigenvalue weighted by molar-refractivity contribution is -0.136. The average Bonchev–Trinajstić information content (AvgIpc) is 2.96. The second-order valence-electron chi connectivity index (χ2n) is 11.7. The van der Waals surface area contributed by atoms with Gasteiger partial charge in [-0.15, -0.1) is 0 Å². The zero-order chi connectivity index (χ0) is 29.4. The van der Waals surface area contributed by atoms with Gasteiger partial charge < -0.3 is 16.4 Å². The van der Waals surface area contributed by atoms with E-state index in [0.717, 1.165) is 61.9 Å². The molecule has 0 aliphatic heterocycles. The van der Waals surface area contributed by atoms with E-state index in [-0.39, 0.29) is 40.9 Å². The number of anilines is 2. The zero-order valence-electron chi connectivity index (χ0n) is 24.4. The maximum Gasteiger partial charge on any atom is 0.229 e.